The molecule has 0 aliphatic rings. The highest BCUT2D eigenvalue weighted by molar-refractivity contribution is 5.74. The lowest BCUT2D eigenvalue weighted by atomic mass is 9.94. The summed E-state index contributed by atoms with van der Waals surface area (Å²) >= 11 is 0. The quantitative estimate of drug-likeness (QED) is 0.419. The van der Waals surface area contributed by atoms with Crippen LogP contribution in [0.15, 0.2) is 65.2 Å². The van der Waals surface area contributed by atoms with Gasteiger partial charge in [-0.3, -0.25) is 0 Å². The first kappa shape index (κ1) is 21.7. The molecule has 0 unspecified atom stereocenters. The summed E-state index contributed by atoms with van der Waals surface area (Å²) in [7, 11) is 1.65. The molecule has 0 bridgehead atoms. The van der Waals surface area contributed by atoms with Gasteiger partial charge < -0.3 is 19.1 Å². The van der Waals surface area contributed by atoms with E-state index in [-0.39, 0.29) is 24.8 Å². The Hall–Kier alpha value is -3.55. The number of nitrogens with zero attached hydrogens (tertiary/aromatic N) is 2. The standard InChI is InChI=1S/C25H23FN2O4/c1-16-5-3-4-6-20(16)21-9-7-18(13-19(21)15-30-2)25-27-24(28-32-25)17-8-10-23(22(26)14-17)31-12-11-29/h3-10,13-14,29H,11-12,15H2,1-2H3. The highest BCUT2D eigenvalue weighted by atomic mass is 19.1. The number of ether oxygens (including phenoxy) is 2. The maximum Gasteiger partial charge on any atom is 0.258 e. The molecule has 0 saturated heterocycles. The van der Waals surface area contributed by atoms with E-state index in [0.29, 0.717) is 18.1 Å². The molecule has 7 heteroatoms. The molecule has 1 heterocycles. The maximum atomic E-state index is 14.3. The van der Waals surface area contributed by atoms with E-state index >= 15 is 0 Å². The first-order valence-corrected chi connectivity index (χ1v) is 10.2. The molecule has 4 aromatic rings. The smallest absolute Gasteiger partial charge is 0.258 e. The van der Waals surface area contributed by atoms with Crippen LogP contribution in [-0.2, 0) is 11.3 Å². The number of rotatable bonds is 8. The summed E-state index contributed by atoms with van der Waals surface area (Å²) < 4.78 is 30.3. The fourth-order valence-corrected chi connectivity index (χ4v) is 3.51. The third-order valence-corrected chi connectivity index (χ3v) is 5.05. The Balaban J connectivity index is 1.65. The van der Waals surface area contributed by atoms with E-state index in [4.69, 9.17) is 19.1 Å². The van der Waals surface area contributed by atoms with Crippen molar-refractivity contribution in [3.05, 3.63) is 77.6 Å². The fourth-order valence-electron chi connectivity index (χ4n) is 3.51. The van der Waals surface area contributed by atoms with E-state index in [0.717, 1.165) is 22.3 Å². The second kappa shape index (κ2) is 9.72. The lowest BCUT2D eigenvalue weighted by molar-refractivity contribution is 0.185. The van der Waals surface area contributed by atoms with E-state index in [1.54, 1.807) is 13.2 Å². The molecule has 0 aliphatic heterocycles. The van der Waals surface area contributed by atoms with Gasteiger partial charge in [-0.1, -0.05) is 35.5 Å². The lowest BCUT2D eigenvalue weighted by Crippen LogP contribution is -2.03. The zero-order valence-corrected chi connectivity index (χ0v) is 17.8. The minimum atomic E-state index is -0.563. The first-order valence-electron chi connectivity index (χ1n) is 10.2. The van der Waals surface area contributed by atoms with Crippen LogP contribution in [0.3, 0.4) is 0 Å². The predicted molar refractivity (Wildman–Crippen MR) is 119 cm³/mol. The van der Waals surface area contributed by atoms with Gasteiger partial charge in [-0.15, -0.1) is 0 Å². The van der Waals surface area contributed by atoms with Gasteiger partial charge in [0.25, 0.3) is 5.89 Å². The number of benzene rings is 3. The topological polar surface area (TPSA) is 77.6 Å². The zero-order valence-electron chi connectivity index (χ0n) is 17.8. The minimum Gasteiger partial charge on any atom is -0.488 e. The van der Waals surface area contributed by atoms with Gasteiger partial charge in [0.05, 0.1) is 13.2 Å². The van der Waals surface area contributed by atoms with Gasteiger partial charge in [-0.25, -0.2) is 4.39 Å². The fraction of sp³-hybridized carbons (Fsp3) is 0.200. The summed E-state index contributed by atoms with van der Waals surface area (Å²) in [6.07, 6.45) is 0. The van der Waals surface area contributed by atoms with E-state index in [1.807, 2.05) is 30.3 Å². The van der Waals surface area contributed by atoms with E-state index < -0.39 is 5.82 Å². The van der Waals surface area contributed by atoms with Crippen LogP contribution in [0.25, 0.3) is 34.0 Å². The minimum absolute atomic E-state index is 0.0188. The van der Waals surface area contributed by atoms with Gasteiger partial charge in [0.1, 0.15) is 6.61 Å². The monoisotopic (exact) mass is 434 g/mol. The van der Waals surface area contributed by atoms with Gasteiger partial charge >= 0.3 is 0 Å². The van der Waals surface area contributed by atoms with Crippen molar-refractivity contribution in [3.63, 3.8) is 0 Å². The first-order chi connectivity index (χ1) is 15.6. The normalized spacial score (nSPS) is 11.0. The molecule has 1 aromatic heterocycles. The van der Waals surface area contributed by atoms with Crippen LogP contribution in [0.5, 0.6) is 5.75 Å². The highest BCUT2D eigenvalue weighted by Crippen LogP contribution is 2.32. The van der Waals surface area contributed by atoms with Crippen LogP contribution < -0.4 is 4.74 Å². The van der Waals surface area contributed by atoms with Crippen LogP contribution >= 0.6 is 0 Å². The molecule has 0 spiro atoms. The van der Waals surface area contributed by atoms with Crippen molar-refractivity contribution in [1.82, 2.24) is 10.1 Å². The van der Waals surface area contributed by atoms with Crippen molar-refractivity contribution in [2.24, 2.45) is 0 Å². The van der Waals surface area contributed by atoms with Crippen molar-refractivity contribution >= 4 is 0 Å². The third kappa shape index (κ3) is 4.54. The molecule has 1 N–H and O–H groups in total. The number of hydrogen-bond acceptors (Lipinski definition) is 6. The molecule has 6 nitrogen and oxygen atoms in total. The van der Waals surface area contributed by atoms with Crippen molar-refractivity contribution in [1.29, 1.82) is 0 Å². The number of methoxy groups -OCH3 is 1. The molecular formula is C25H23FN2O4. The van der Waals surface area contributed by atoms with Crippen molar-refractivity contribution in [2.45, 2.75) is 13.5 Å². The summed E-state index contributed by atoms with van der Waals surface area (Å²) in [4.78, 5) is 4.44. The number of aromatic nitrogens is 2. The van der Waals surface area contributed by atoms with Crippen LogP contribution in [0, 0.1) is 12.7 Å². The molecular weight excluding hydrogens is 411 g/mol. The Morgan fingerprint density at radius 2 is 1.81 bits per heavy atom. The predicted octanol–water partition coefficient (Wildman–Crippen LogP) is 5.04. The molecule has 0 radical (unpaired) electrons. The highest BCUT2D eigenvalue weighted by Gasteiger charge is 2.16. The molecule has 0 atom stereocenters. The largest absolute Gasteiger partial charge is 0.488 e. The number of halogens is 1. The third-order valence-electron chi connectivity index (χ3n) is 5.05. The van der Waals surface area contributed by atoms with Crippen LogP contribution in [0.4, 0.5) is 4.39 Å². The van der Waals surface area contributed by atoms with Crippen molar-refractivity contribution in [3.8, 4) is 39.7 Å². The summed E-state index contributed by atoms with van der Waals surface area (Å²) in [6, 6.07) is 18.5. The van der Waals surface area contributed by atoms with Crippen LogP contribution in [0.1, 0.15) is 11.1 Å². The van der Waals surface area contributed by atoms with Gasteiger partial charge in [0.15, 0.2) is 11.6 Å². The van der Waals surface area contributed by atoms with Gasteiger partial charge in [-0.05, 0) is 59.5 Å². The molecule has 164 valence electrons. The van der Waals surface area contributed by atoms with E-state index in [2.05, 4.69) is 29.2 Å². The Bertz CT molecular complexity index is 1220. The molecule has 0 saturated carbocycles. The van der Waals surface area contributed by atoms with Gasteiger partial charge in [0.2, 0.25) is 5.82 Å². The average Bonchev–Trinajstić information content (AvgIpc) is 3.29. The molecule has 3 aromatic carbocycles. The number of aliphatic hydroxyl groups excluding tert-OH is 1. The number of hydrogen-bond donors (Lipinski definition) is 1. The lowest BCUT2D eigenvalue weighted by Gasteiger charge is -2.12. The summed E-state index contributed by atoms with van der Waals surface area (Å²) in [5, 5.41) is 12.8. The summed E-state index contributed by atoms with van der Waals surface area (Å²) in [5.41, 5.74) is 5.59. The molecule has 0 fully saturated rings. The van der Waals surface area contributed by atoms with Gasteiger partial charge in [0, 0.05) is 18.2 Å². The zero-order chi connectivity index (χ0) is 22.5. The Kier molecular flexibility index (Phi) is 6.58. The van der Waals surface area contributed by atoms with Crippen molar-refractivity contribution in [2.75, 3.05) is 20.3 Å². The second-order valence-corrected chi connectivity index (χ2v) is 7.26. The molecule has 4 rings (SSSR count). The summed E-state index contributed by atoms with van der Waals surface area (Å²) in [6.45, 7) is 2.33. The summed E-state index contributed by atoms with van der Waals surface area (Å²) in [5.74, 6) is 0.0911. The maximum absolute atomic E-state index is 14.3. The van der Waals surface area contributed by atoms with Gasteiger partial charge in [-0.2, -0.15) is 4.98 Å². The Morgan fingerprint density at radius 1 is 1.00 bits per heavy atom. The second-order valence-electron chi connectivity index (χ2n) is 7.26. The number of aliphatic hydroxyl groups is 1. The number of aryl methyl sites for hydroxylation is 1. The van der Waals surface area contributed by atoms with E-state index in [9.17, 15) is 4.39 Å². The molecule has 0 aliphatic carbocycles. The Morgan fingerprint density at radius 3 is 2.56 bits per heavy atom. The van der Waals surface area contributed by atoms with Crippen LogP contribution in [-0.4, -0.2) is 35.6 Å². The van der Waals surface area contributed by atoms with E-state index in [1.165, 1.54) is 17.7 Å². The Labute approximate surface area is 185 Å². The molecule has 0 amide bonds. The van der Waals surface area contributed by atoms with Crippen molar-refractivity contribution < 1.29 is 23.5 Å². The SMILES string of the molecule is COCc1cc(-c2nc(-c3ccc(OCCO)c(F)c3)no2)ccc1-c1ccccc1C. The average molecular weight is 434 g/mol. The molecule has 32 heavy (non-hydrogen) atoms. The van der Waals surface area contributed by atoms with Crippen LogP contribution in [0.2, 0.25) is 0 Å².